The van der Waals surface area contributed by atoms with Gasteiger partial charge in [0.15, 0.2) is 0 Å². The van der Waals surface area contributed by atoms with Crippen molar-refractivity contribution in [3.8, 4) is 11.3 Å². The monoisotopic (exact) mass is 229 g/mol. The van der Waals surface area contributed by atoms with E-state index < -0.39 is 0 Å². The molecule has 1 aromatic heterocycles. The fraction of sp³-hybridized carbons (Fsp3) is 0.308. The van der Waals surface area contributed by atoms with Crippen molar-refractivity contribution in [1.29, 1.82) is 0 Å². The van der Waals surface area contributed by atoms with Crippen molar-refractivity contribution in [3.05, 3.63) is 35.9 Å². The molecule has 0 aliphatic carbocycles. The third kappa shape index (κ3) is 1.80. The Kier molecular flexibility index (Phi) is 2.37. The first-order valence-electron chi connectivity index (χ1n) is 5.71. The number of ether oxygens (including phenoxy) is 1. The van der Waals surface area contributed by atoms with Crippen LogP contribution in [0.2, 0.25) is 0 Å². The van der Waals surface area contributed by atoms with E-state index in [1.807, 2.05) is 13.1 Å². The smallest absolute Gasteiger partial charge is 0.121 e. The van der Waals surface area contributed by atoms with Gasteiger partial charge in [-0.2, -0.15) is 5.10 Å². The van der Waals surface area contributed by atoms with E-state index in [1.165, 1.54) is 5.56 Å². The van der Waals surface area contributed by atoms with Crippen molar-refractivity contribution in [2.75, 3.05) is 18.9 Å². The van der Waals surface area contributed by atoms with Gasteiger partial charge in [0.1, 0.15) is 5.82 Å². The Bertz CT molecular complexity index is 507. The van der Waals surface area contributed by atoms with Gasteiger partial charge in [-0.05, 0) is 5.56 Å². The number of rotatable bonds is 2. The van der Waals surface area contributed by atoms with Crippen LogP contribution in [0.5, 0.6) is 0 Å². The molecule has 88 valence electrons. The summed E-state index contributed by atoms with van der Waals surface area (Å²) in [5.41, 5.74) is 9.12. The first-order chi connectivity index (χ1) is 8.24. The summed E-state index contributed by atoms with van der Waals surface area (Å²) in [6.45, 7) is 1.69. The number of hydrogen-bond acceptors (Lipinski definition) is 3. The van der Waals surface area contributed by atoms with Crippen LogP contribution < -0.4 is 5.73 Å². The fourth-order valence-electron chi connectivity index (χ4n) is 1.98. The van der Waals surface area contributed by atoms with Crippen LogP contribution in [-0.4, -0.2) is 23.0 Å². The van der Waals surface area contributed by atoms with E-state index in [1.54, 1.807) is 4.68 Å². The van der Waals surface area contributed by atoms with Crippen molar-refractivity contribution in [1.82, 2.24) is 9.78 Å². The topological polar surface area (TPSA) is 53.1 Å². The quantitative estimate of drug-likeness (QED) is 0.854. The van der Waals surface area contributed by atoms with E-state index in [0.717, 1.165) is 24.5 Å². The summed E-state index contributed by atoms with van der Waals surface area (Å²) in [6.07, 6.45) is 0. The van der Waals surface area contributed by atoms with Crippen LogP contribution in [-0.2, 0) is 11.8 Å². The molecule has 2 heterocycles. The number of nitrogen functional groups attached to an aromatic ring is 1. The van der Waals surface area contributed by atoms with Crippen molar-refractivity contribution in [3.63, 3.8) is 0 Å². The summed E-state index contributed by atoms with van der Waals surface area (Å²) in [7, 11) is 1.85. The molecule has 0 radical (unpaired) electrons. The summed E-state index contributed by atoms with van der Waals surface area (Å²) < 4.78 is 6.87. The van der Waals surface area contributed by atoms with E-state index in [2.05, 4.69) is 29.4 Å². The van der Waals surface area contributed by atoms with Gasteiger partial charge in [-0.1, -0.05) is 24.3 Å². The maximum atomic E-state index is 5.77. The standard InChI is InChI=1S/C13H15N3O/c1-16-13(14)6-12(15-16)10-4-2-9(3-5-10)11-7-17-8-11/h2-6,11H,7-8,14H2,1H3. The maximum absolute atomic E-state index is 5.77. The summed E-state index contributed by atoms with van der Waals surface area (Å²) >= 11 is 0. The predicted octanol–water partition coefficient (Wildman–Crippen LogP) is 1.78. The van der Waals surface area contributed by atoms with Crippen molar-refractivity contribution in [2.24, 2.45) is 7.05 Å². The Morgan fingerprint density at radius 3 is 2.47 bits per heavy atom. The normalized spacial score (nSPS) is 15.8. The second kappa shape index (κ2) is 3.89. The number of anilines is 1. The van der Waals surface area contributed by atoms with Crippen LogP contribution >= 0.6 is 0 Å². The van der Waals surface area contributed by atoms with Crippen LogP contribution in [0.4, 0.5) is 5.82 Å². The van der Waals surface area contributed by atoms with Gasteiger partial charge in [0.05, 0.1) is 18.9 Å². The van der Waals surface area contributed by atoms with Gasteiger partial charge < -0.3 is 10.5 Å². The highest BCUT2D eigenvalue weighted by molar-refractivity contribution is 5.62. The van der Waals surface area contributed by atoms with Crippen molar-refractivity contribution in [2.45, 2.75) is 5.92 Å². The van der Waals surface area contributed by atoms with Crippen LogP contribution in [0, 0.1) is 0 Å². The summed E-state index contributed by atoms with van der Waals surface area (Å²) in [6, 6.07) is 10.4. The van der Waals surface area contributed by atoms with Crippen LogP contribution in [0.15, 0.2) is 30.3 Å². The molecule has 0 saturated carbocycles. The highest BCUT2D eigenvalue weighted by atomic mass is 16.5. The molecule has 0 unspecified atom stereocenters. The van der Waals surface area contributed by atoms with Gasteiger partial charge in [-0.3, -0.25) is 4.68 Å². The Balaban J connectivity index is 1.88. The van der Waals surface area contributed by atoms with Crippen LogP contribution in [0.25, 0.3) is 11.3 Å². The maximum Gasteiger partial charge on any atom is 0.121 e. The molecule has 1 aliphatic heterocycles. The Morgan fingerprint density at radius 2 is 2.00 bits per heavy atom. The predicted molar refractivity (Wildman–Crippen MR) is 66.6 cm³/mol. The molecule has 3 rings (SSSR count). The summed E-state index contributed by atoms with van der Waals surface area (Å²) in [5, 5.41) is 4.36. The minimum atomic E-state index is 0.567. The Morgan fingerprint density at radius 1 is 1.29 bits per heavy atom. The van der Waals surface area contributed by atoms with E-state index in [-0.39, 0.29) is 0 Å². The lowest BCUT2D eigenvalue weighted by atomic mass is 9.96. The average Bonchev–Trinajstić information content (AvgIpc) is 2.58. The van der Waals surface area contributed by atoms with Crippen molar-refractivity contribution >= 4 is 5.82 Å². The van der Waals surface area contributed by atoms with Gasteiger partial charge in [-0.25, -0.2) is 0 Å². The molecular formula is C13H15N3O. The van der Waals surface area contributed by atoms with E-state index in [0.29, 0.717) is 11.7 Å². The van der Waals surface area contributed by atoms with Gasteiger partial charge >= 0.3 is 0 Å². The fourth-order valence-corrected chi connectivity index (χ4v) is 1.98. The van der Waals surface area contributed by atoms with E-state index >= 15 is 0 Å². The first-order valence-corrected chi connectivity index (χ1v) is 5.71. The largest absolute Gasteiger partial charge is 0.384 e. The number of aryl methyl sites for hydroxylation is 1. The van der Waals surface area contributed by atoms with Gasteiger partial charge in [0.25, 0.3) is 0 Å². The number of aromatic nitrogens is 2. The molecule has 1 aliphatic rings. The van der Waals surface area contributed by atoms with E-state index in [4.69, 9.17) is 10.5 Å². The Hall–Kier alpha value is -1.81. The summed E-state index contributed by atoms with van der Waals surface area (Å²) in [5.74, 6) is 1.24. The zero-order valence-corrected chi connectivity index (χ0v) is 9.76. The number of nitrogens with two attached hydrogens (primary N) is 1. The third-order valence-electron chi connectivity index (χ3n) is 3.23. The van der Waals surface area contributed by atoms with Crippen LogP contribution in [0.3, 0.4) is 0 Å². The number of nitrogens with zero attached hydrogens (tertiary/aromatic N) is 2. The first kappa shape index (κ1) is 10.4. The molecule has 0 atom stereocenters. The van der Waals surface area contributed by atoms with Crippen molar-refractivity contribution < 1.29 is 4.74 Å². The Labute approximate surface area is 100 Å². The molecule has 1 saturated heterocycles. The molecule has 1 fully saturated rings. The lowest BCUT2D eigenvalue weighted by Gasteiger charge is -2.26. The lowest BCUT2D eigenvalue weighted by molar-refractivity contribution is 0.00843. The molecule has 17 heavy (non-hydrogen) atoms. The van der Waals surface area contributed by atoms with Gasteiger partial charge in [0.2, 0.25) is 0 Å². The molecule has 4 heteroatoms. The highest BCUT2D eigenvalue weighted by Crippen LogP contribution is 2.26. The zero-order chi connectivity index (χ0) is 11.8. The SMILES string of the molecule is Cn1nc(-c2ccc(C3COC3)cc2)cc1N. The molecule has 4 nitrogen and oxygen atoms in total. The average molecular weight is 229 g/mol. The van der Waals surface area contributed by atoms with Gasteiger partial charge in [-0.15, -0.1) is 0 Å². The summed E-state index contributed by atoms with van der Waals surface area (Å²) in [4.78, 5) is 0. The van der Waals surface area contributed by atoms with E-state index in [9.17, 15) is 0 Å². The molecule has 0 amide bonds. The minimum absolute atomic E-state index is 0.567. The second-order valence-corrected chi connectivity index (χ2v) is 4.43. The highest BCUT2D eigenvalue weighted by Gasteiger charge is 2.20. The zero-order valence-electron chi connectivity index (χ0n) is 9.76. The molecular weight excluding hydrogens is 214 g/mol. The minimum Gasteiger partial charge on any atom is -0.384 e. The molecule has 1 aromatic carbocycles. The molecule has 0 bridgehead atoms. The number of hydrogen-bond donors (Lipinski definition) is 1. The number of benzene rings is 1. The van der Waals surface area contributed by atoms with Gasteiger partial charge in [0, 0.05) is 24.6 Å². The molecule has 0 spiro atoms. The lowest BCUT2D eigenvalue weighted by Crippen LogP contribution is -2.24. The second-order valence-electron chi connectivity index (χ2n) is 4.43. The molecule has 2 N–H and O–H groups in total. The third-order valence-corrected chi connectivity index (χ3v) is 3.23. The molecule has 2 aromatic rings. The van der Waals surface area contributed by atoms with Crippen LogP contribution in [0.1, 0.15) is 11.5 Å².